The zero-order valence-corrected chi connectivity index (χ0v) is 10.2. The van der Waals surface area contributed by atoms with Crippen molar-refractivity contribution in [2.75, 3.05) is 26.7 Å². The standard InChI is InChI=1S/C11H21N5/c1-15(7-10-4-3-5-12-6-10)8-11-13-9-14-16(11)2/h9-10,12H,3-8H2,1-2H3. The van der Waals surface area contributed by atoms with Crippen LogP contribution in [0, 0.1) is 5.92 Å². The summed E-state index contributed by atoms with van der Waals surface area (Å²) in [6.07, 6.45) is 4.27. The molecule has 1 N–H and O–H groups in total. The Labute approximate surface area is 96.8 Å². The van der Waals surface area contributed by atoms with Crippen molar-refractivity contribution in [2.45, 2.75) is 19.4 Å². The predicted molar refractivity (Wildman–Crippen MR) is 62.9 cm³/mol. The fraction of sp³-hybridized carbons (Fsp3) is 0.818. The second-order valence-electron chi connectivity index (χ2n) is 4.71. The molecule has 1 aliphatic heterocycles. The van der Waals surface area contributed by atoms with E-state index in [0.29, 0.717) is 0 Å². The molecule has 1 unspecified atom stereocenters. The van der Waals surface area contributed by atoms with E-state index in [1.54, 1.807) is 6.33 Å². The van der Waals surface area contributed by atoms with Gasteiger partial charge in [0.25, 0.3) is 0 Å². The molecule has 0 saturated carbocycles. The van der Waals surface area contributed by atoms with Gasteiger partial charge in [-0.15, -0.1) is 0 Å². The molecule has 0 aliphatic carbocycles. The second kappa shape index (κ2) is 5.41. The van der Waals surface area contributed by atoms with E-state index < -0.39 is 0 Å². The number of hydrogen-bond acceptors (Lipinski definition) is 4. The molecule has 1 aromatic rings. The van der Waals surface area contributed by atoms with E-state index in [1.165, 1.54) is 19.4 Å². The molecule has 5 nitrogen and oxygen atoms in total. The smallest absolute Gasteiger partial charge is 0.140 e. The minimum Gasteiger partial charge on any atom is -0.316 e. The van der Waals surface area contributed by atoms with Gasteiger partial charge in [-0.25, -0.2) is 4.98 Å². The number of aryl methyl sites for hydroxylation is 1. The molecule has 0 amide bonds. The number of nitrogens with zero attached hydrogens (tertiary/aromatic N) is 4. The van der Waals surface area contributed by atoms with Crippen molar-refractivity contribution in [2.24, 2.45) is 13.0 Å². The SMILES string of the molecule is CN(Cc1ncnn1C)CC1CCCNC1. The maximum absolute atomic E-state index is 4.24. The summed E-state index contributed by atoms with van der Waals surface area (Å²) in [7, 11) is 4.10. The lowest BCUT2D eigenvalue weighted by Crippen LogP contribution is -2.36. The average Bonchev–Trinajstić information content (AvgIpc) is 2.66. The van der Waals surface area contributed by atoms with Crippen LogP contribution in [0.15, 0.2) is 6.33 Å². The fourth-order valence-electron chi connectivity index (χ4n) is 2.29. The number of nitrogens with one attached hydrogen (secondary N) is 1. The molecule has 2 heterocycles. The van der Waals surface area contributed by atoms with Crippen LogP contribution >= 0.6 is 0 Å². The van der Waals surface area contributed by atoms with Crippen LogP contribution in [0.3, 0.4) is 0 Å². The largest absolute Gasteiger partial charge is 0.316 e. The maximum atomic E-state index is 4.24. The lowest BCUT2D eigenvalue weighted by molar-refractivity contribution is 0.231. The Bertz CT molecular complexity index is 316. The van der Waals surface area contributed by atoms with E-state index >= 15 is 0 Å². The summed E-state index contributed by atoms with van der Waals surface area (Å²) in [6, 6.07) is 0. The Kier molecular flexibility index (Phi) is 3.90. The van der Waals surface area contributed by atoms with Gasteiger partial charge in [0.15, 0.2) is 0 Å². The number of piperidine rings is 1. The molecule has 5 heteroatoms. The summed E-state index contributed by atoms with van der Waals surface area (Å²) < 4.78 is 1.84. The minimum atomic E-state index is 0.784. The second-order valence-corrected chi connectivity index (χ2v) is 4.71. The van der Waals surface area contributed by atoms with Crippen molar-refractivity contribution in [1.82, 2.24) is 25.0 Å². The summed E-state index contributed by atoms with van der Waals surface area (Å²) in [4.78, 5) is 6.58. The first kappa shape index (κ1) is 11.5. The number of rotatable bonds is 4. The molecule has 1 aromatic heterocycles. The normalized spacial score (nSPS) is 21.6. The summed E-state index contributed by atoms with van der Waals surface area (Å²) in [6.45, 7) is 4.36. The number of hydrogen-bond donors (Lipinski definition) is 1. The van der Waals surface area contributed by atoms with Gasteiger partial charge < -0.3 is 5.32 Å². The van der Waals surface area contributed by atoms with E-state index in [-0.39, 0.29) is 0 Å². The van der Waals surface area contributed by atoms with Crippen LogP contribution in [0.1, 0.15) is 18.7 Å². The van der Waals surface area contributed by atoms with E-state index in [1.807, 2.05) is 11.7 Å². The first-order chi connectivity index (χ1) is 7.75. The van der Waals surface area contributed by atoms with Gasteiger partial charge >= 0.3 is 0 Å². The third-order valence-corrected chi connectivity index (χ3v) is 3.19. The van der Waals surface area contributed by atoms with Gasteiger partial charge in [-0.05, 0) is 38.9 Å². The van der Waals surface area contributed by atoms with Crippen LogP contribution in [0.5, 0.6) is 0 Å². The van der Waals surface area contributed by atoms with Gasteiger partial charge in [0.2, 0.25) is 0 Å². The van der Waals surface area contributed by atoms with Crippen LogP contribution in [0.2, 0.25) is 0 Å². The van der Waals surface area contributed by atoms with Crippen molar-refractivity contribution >= 4 is 0 Å². The highest BCUT2D eigenvalue weighted by Gasteiger charge is 2.15. The molecule has 0 spiro atoms. The molecular formula is C11H21N5. The van der Waals surface area contributed by atoms with Crippen molar-refractivity contribution in [1.29, 1.82) is 0 Å². The lowest BCUT2D eigenvalue weighted by Gasteiger charge is -2.27. The maximum Gasteiger partial charge on any atom is 0.140 e. The third-order valence-electron chi connectivity index (χ3n) is 3.19. The molecule has 2 rings (SSSR count). The summed E-state index contributed by atoms with van der Waals surface area (Å²) in [5.41, 5.74) is 0. The Morgan fingerprint density at radius 1 is 1.62 bits per heavy atom. The van der Waals surface area contributed by atoms with Crippen LogP contribution in [-0.4, -0.2) is 46.3 Å². The first-order valence-corrected chi connectivity index (χ1v) is 5.98. The minimum absolute atomic E-state index is 0.784. The molecule has 0 aromatic carbocycles. The quantitative estimate of drug-likeness (QED) is 0.794. The highest BCUT2D eigenvalue weighted by atomic mass is 15.3. The molecule has 16 heavy (non-hydrogen) atoms. The third kappa shape index (κ3) is 3.02. The molecule has 1 atom stereocenters. The van der Waals surface area contributed by atoms with E-state index in [0.717, 1.165) is 31.4 Å². The van der Waals surface area contributed by atoms with Crippen molar-refractivity contribution in [3.8, 4) is 0 Å². The van der Waals surface area contributed by atoms with Gasteiger partial charge in [-0.3, -0.25) is 9.58 Å². The van der Waals surface area contributed by atoms with Gasteiger partial charge in [0, 0.05) is 13.6 Å². The Hall–Kier alpha value is -0.940. The van der Waals surface area contributed by atoms with Crippen molar-refractivity contribution < 1.29 is 0 Å². The summed E-state index contributed by atoms with van der Waals surface area (Å²) in [5, 5.41) is 7.53. The molecular weight excluding hydrogens is 202 g/mol. The van der Waals surface area contributed by atoms with Crippen LogP contribution in [-0.2, 0) is 13.6 Å². The summed E-state index contributed by atoms with van der Waals surface area (Å²) >= 11 is 0. The zero-order chi connectivity index (χ0) is 11.4. The Morgan fingerprint density at radius 2 is 2.50 bits per heavy atom. The topological polar surface area (TPSA) is 46.0 Å². The van der Waals surface area contributed by atoms with Crippen LogP contribution in [0.25, 0.3) is 0 Å². The fourth-order valence-corrected chi connectivity index (χ4v) is 2.29. The molecule has 1 saturated heterocycles. The van der Waals surface area contributed by atoms with Crippen LogP contribution in [0.4, 0.5) is 0 Å². The molecule has 0 radical (unpaired) electrons. The van der Waals surface area contributed by atoms with Gasteiger partial charge in [-0.2, -0.15) is 5.10 Å². The van der Waals surface area contributed by atoms with Crippen LogP contribution < -0.4 is 5.32 Å². The van der Waals surface area contributed by atoms with Gasteiger partial charge in [0.1, 0.15) is 12.2 Å². The number of aromatic nitrogens is 3. The predicted octanol–water partition coefficient (Wildman–Crippen LogP) is 0.246. The zero-order valence-electron chi connectivity index (χ0n) is 10.2. The molecule has 0 bridgehead atoms. The molecule has 1 fully saturated rings. The van der Waals surface area contributed by atoms with Crippen molar-refractivity contribution in [3.63, 3.8) is 0 Å². The Balaban J connectivity index is 1.79. The van der Waals surface area contributed by atoms with E-state index in [2.05, 4.69) is 27.3 Å². The average molecular weight is 223 g/mol. The monoisotopic (exact) mass is 223 g/mol. The van der Waals surface area contributed by atoms with Crippen molar-refractivity contribution in [3.05, 3.63) is 12.2 Å². The lowest BCUT2D eigenvalue weighted by atomic mass is 9.99. The first-order valence-electron chi connectivity index (χ1n) is 5.98. The van der Waals surface area contributed by atoms with Gasteiger partial charge in [0.05, 0.1) is 6.54 Å². The highest BCUT2D eigenvalue weighted by Crippen LogP contribution is 2.11. The molecule has 1 aliphatic rings. The Morgan fingerprint density at radius 3 is 3.12 bits per heavy atom. The molecule has 90 valence electrons. The highest BCUT2D eigenvalue weighted by molar-refractivity contribution is 4.83. The van der Waals surface area contributed by atoms with E-state index in [4.69, 9.17) is 0 Å². The summed E-state index contributed by atoms with van der Waals surface area (Å²) in [5.74, 6) is 1.82. The van der Waals surface area contributed by atoms with E-state index in [9.17, 15) is 0 Å². The van der Waals surface area contributed by atoms with Gasteiger partial charge in [-0.1, -0.05) is 0 Å².